The van der Waals surface area contributed by atoms with Crippen LogP contribution in [0.1, 0.15) is 12.6 Å². The molecule has 0 saturated carbocycles. The lowest BCUT2D eigenvalue weighted by molar-refractivity contribution is -0.137. The summed E-state index contributed by atoms with van der Waals surface area (Å²) in [5, 5.41) is 14.2. The van der Waals surface area contributed by atoms with Crippen LogP contribution < -0.4 is 5.14 Å². The third-order valence-electron chi connectivity index (χ3n) is 3.13. The smallest absolute Gasteiger partial charge is 0.348 e. The number of rotatable bonds is 5. The molecule has 0 fully saturated rings. The third-order valence-corrected chi connectivity index (χ3v) is 4.06. The molecule has 0 amide bonds. The van der Waals surface area contributed by atoms with Gasteiger partial charge in [0, 0.05) is 17.6 Å². The highest BCUT2D eigenvalue weighted by Gasteiger charge is 2.12. The van der Waals surface area contributed by atoms with Crippen LogP contribution >= 0.6 is 0 Å². The summed E-state index contributed by atoms with van der Waals surface area (Å²) in [6, 6.07) is 11.2. The number of carbonyl (C=O) groups is 1. The van der Waals surface area contributed by atoms with Crippen LogP contribution in [0.2, 0.25) is 0 Å². The molecule has 0 aliphatic rings. The molecule has 0 bridgehead atoms. The summed E-state index contributed by atoms with van der Waals surface area (Å²) in [5.41, 5.74) is 1.10. The quantitative estimate of drug-likeness (QED) is 0.502. The van der Waals surface area contributed by atoms with Crippen LogP contribution in [0.5, 0.6) is 0 Å². The van der Waals surface area contributed by atoms with E-state index in [2.05, 4.69) is 0 Å². The topological polar surface area (TPSA) is 115 Å². The van der Waals surface area contributed by atoms with Crippen LogP contribution in [-0.2, 0) is 19.6 Å². The lowest BCUT2D eigenvalue weighted by Crippen LogP contribution is -2.12. The number of ether oxygens (including phenoxy) is 1. The Morgan fingerprint density at radius 2 is 2.00 bits per heavy atom. The number of nitriles is 1. The number of nitrogens with two attached hydrogens (primary N) is 1. The molecule has 0 spiro atoms. The predicted octanol–water partition coefficient (Wildman–Crippen LogP) is 1.59. The normalized spacial score (nSPS) is 11.8. The van der Waals surface area contributed by atoms with Gasteiger partial charge in [0.2, 0.25) is 10.0 Å². The maximum atomic E-state index is 11.7. The summed E-state index contributed by atoms with van der Waals surface area (Å²) in [6.45, 7) is 1.83. The van der Waals surface area contributed by atoms with Crippen LogP contribution in [0.4, 0.5) is 0 Å². The molecule has 8 heteroatoms. The zero-order valence-electron chi connectivity index (χ0n) is 12.8. The van der Waals surface area contributed by atoms with Crippen molar-refractivity contribution < 1.29 is 17.9 Å². The fourth-order valence-electron chi connectivity index (χ4n) is 2.04. The molecule has 1 aromatic carbocycles. The molecule has 2 rings (SSSR count). The highest BCUT2D eigenvalue weighted by atomic mass is 32.2. The van der Waals surface area contributed by atoms with Crippen molar-refractivity contribution in [2.75, 3.05) is 6.61 Å². The monoisotopic (exact) mass is 345 g/mol. The SMILES string of the molecule is CCOC(=O)/C(C#N)=C\c1cccn1-c1ccc(S(N)(=O)=O)cc1. The second-order valence-electron chi connectivity index (χ2n) is 4.73. The van der Waals surface area contributed by atoms with Crippen molar-refractivity contribution in [3.05, 3.63) is 53.9 Å². The Labute approximate surface area is 139 Å². The summed E-state index contributed by atoms with van der Waals surface area (Å²) >= 11 is 0. The van der Waals surface area contributed by atoms with Crippen LogP contribution in [-0.4, -0.2) is 25.6 Å². The minimum atomic E-state index is -3.76. The molecule has 124 valence electrons. The van der Waals surface area contributed by atoms with Gasteiger partial charge in [-0.25, -0.2) is 18.4 Å². The van der Waals surface area contributed by atoms with E-state index < -0.39 is 16.0 Å². The van der Waals surface area contributed by atoms with E-state index in [1.54, 1.807) is 42.0 Å². The Morgan fingerprint density at radius 1 is 1.33 bits per heavy atom. The van der Waals surface area contributed by atoms with E-state index in [-0.39, 0.29) is 17.1 Å². The molecule has 1 aromatic heterocycles. The van der Waals surface area contributed by atoms with E-state index in [4.69, 9.17) is 15.1 Å². The van der Waals surface area contributed by atoms with Gasteiger partial charge in [0.25, 0.3) is 0 Å². The van der Waals surface area contributed by atoms with Gasteiger partial charge in [0.1, 0.15) is 11.6 Å². The van der Waals surface area contributed by atoms with E-state index >= 15 is 0 Å². The average molecular weight is 345 g/mol. The van der Waals surface area contributed by atoms with Crippen LogP contribution in [0, 0.1) is 11.3 Å². The number of hydrogen-bond donors (Lipinski definition) is 1. The maximum absolute atomic E-state index is 11.7. The van der Waals surface area contributed by atoms with Crippen molar-refractivity contribution in [2.24, 2.45) is 5.14 Å². The number of primary sulfonamides is 1. The van der Waals surface area contributed by atoms with E-state index in [1.807, 2.05) is 6.07 Å². The zero-order chi connectivity index (χ0) is 17.7. The summed E-state index contributed by atoms with van der Waals surface area (Å²) in [6.07, 6.45) is 3.13. The first-order valence-corrected chi connectivity index (χ1v) is 8.51. The van der Waals surface area contributed by atoms with Crippen molar-refractivity contribution >= 4 is 22.1 Å². The number of aromatic nitrogens is 1. The van der Waals surface area contributed by atoms with Crippen molar-refractivity contribution in [2.45, 2.75) is 11.8 Å². The Morgan fingerprint density at radius 3 is 2.54 bits per heavy atom. The molecular formula is C16H15N3O4S. The maximum Gasteiger partial charge on any atom is 0.348 e. The molecular weight excluding hydrogens is 330 g/mol. The van der Waals surface area contributed by atoms with Gasteiger partial charge in [-0.1, -0.05) is 0 Å². The van der Waals surface area contributed by atoms with E-state index in [0.29, 0.717) is 11.4 Å². The molecule has 2 N–H and O–H groups in total. The van der Waals surface area contributed by atoms with Crippen molar-refractivity contribution in [3.63, 3.8) is 0 Å². The molecule has 0 aliphatic heterocycles. The van der Waals surface area contributed by atoms with Gasteiger partial charge in [-0.3, -0.25) is 0 Å². The molecule has 0 saturated heterocycles. The van der Waals surface area contributed by atoms with Gasteiger partial charge in [0.05, 0.1) is 11.5 Å². The summed E-state index contributed by atoms with van der Waals surface area (Å²) in [7, 11) is -3.76. The van der Waals surface area contributed by atoms with Crippen LogP contribution in [0.25, 0.3) is 11.8 Å². The van der Waals surface area contributed by atoms with Gasteiger partial charge in [-0.2, -0.15) is 5.26 Å². The number of carbonyl (C=O) groups excluding carboxylic acids is 1. The molecule has 7 nitrogen and oxygen atoms in total. The summed E-state index contributed by atoms with van der Waals surface area (Å²) in [4.78, 5) is 11.7. The molecule has 1 heterocycles. The Balaban J connectivity index is 2.40. The fraction of sp³-hybridized carbons (Fsp3) is 0.125. The van der Waals surface area contributed by atoms with Gasteiger partial charge in [-0.05, 0) is 49.4 Å². The molecule has 0 atom stereocenters. The Kier molecular flexibility index (Phi) is 5.18. The van der Waals surface area contributed by atoms with Crippen molar-refractivity contribution in [1.29, 1.82) is 5.26 Å². The second-order valence-corrected chi connectivity index (χ2v) is 6.29. The molecule has 0 aliphatic carbocycles. The number of sulfonamides is 1. The van der Waals surface area contributed by atoms with E-state index in [0.717, 1.165) is 0 Å². The first kappa shape index (κ1) is 17.5. The number of esters is 1. The summed E-state index contributed by atoms with van der Waals surface area (Å²) < 4.78 is 29.1. The highest BCUT2D eigenvalue weighted by Crippen LogP contribution is 2.18. The number of nitrogens with zero attached hydrogens (tertiary/aromatic N) is 2. The summed E-state index contributed by atoms with van der Waals surface area (Å²) in [5.74, 6) is -0.697. The first-order valence-electron chi connectivity index (χ1n) is 6.96. The van der Waals surface area contributed by atoms with Gasteiger partial charge < -0.3 is 9.30 Å². The number of hydrogen-bond acceptors (Lipinski definition) is 5. The first-order chi connectivity index (χ1) is 11.4. The fourth-order valence-corrected chi connectivity index (χ4v) is 2.55. The third kappa shape index (κ3) is 3.90. The molecule has 0 unspecified atom stereocenters. The van der Waals surface area contributed by atoms with E-state index in [1.165, 1.54) is 18.2 Å². The van der Waals surface area contributed by atoms with Crippen LogP contribution in [0.15, 0.2) is 53.1 Å². The Hall–Kier alpha value is -2.89. The average Bonchev–Trinajstić information content (AvgIpc) is 3.00. The van der Waals surface area contributed by atoms with Crippen molar-refractivity contribution in [3.8, 4) is 11.8 Å². The minimum Gasteiger partial charge on any atom is -0.462 e. The highest BCUT2D eigenvalue weighted by molar-refractivity contribution is 7.89. The molecule has 0 radical (unpaired) electrons. The zero-order valence-corrected chi connectivity index (χ0v) is 13.7. The second kappa shape index (κ2) is 7.12. The minimum absolute atomic E-state index is 0.000245. The lowest BCUT2D eigenvalue weighted by Gasteiger charge is -2.08. The van der Waals surface area contributed by atoms with Gasteiger partial charge >= 0.3 is 5.97 Å². The van der Waals surface area contributed by atoms with Crippen molar-refractivity contribution in [1.82, 2.24) is 4.57 Å². The van der Waals surface area contributed by atoms with Gasteiger partial charge in [-0.15, -0.1) is 0 Å². The van der Waals surface area contributed by atoms with Gasteiger partial charge in [0.15, 0.2) is 0 Å². The Bertz CT molecular complexity index is 919. The predicted molar refractivity (Wildman–Crippen MR) is 87.4 cm³/mol. The number of benzene rings is 1. The lowest BCUT2D eigenvalue weighted by atomic mass is 10.2. The van der Waals surface area contributed by atoms with E-state index in [9.17, 15) is 13.2 Å². The van der Waals surface area contributed by atoms with Crippen LogP contribution in [0.3, 0.4) is 0 Å². The molecule has 24 heavy (non-hydrogen) atoms. The standard InChI is InChI=1S/C16H15N3O4S/c1-2-23-16(20)12(11-17)10-14-4-3-9-19(14)13-5-7-15(8-6-13)24(18,21)22/h3-10H,2H2,1H3,(H2,18,21,22)/b12-10-. The molecule has 2 aromatic rings. The largest absolute Gasteiger partial charge is 0.462 e.